The summed E-state index contributed by atoms with van der Waals surface area (Å²) < 4.78 is 35.8. The third kappa shape index (κ3) is 11.6. The van der Waals surface area contributed by atoms with Crippen molar-refractivity contribution in [3.05, 3.63) is 72.2 Å². The highest BCUT2D eigenvalue weighted by Crippen LogP contribution is 2.35. The van der Waals surface area contributed by atoms with Gasteiger partial charge in [-0.25, -0.2) is 48.5 Å². The molecular formula is C44H50N14O18. The maximum atomic E-state index is 12.1. The largest absolute Gasteiger partial charge is 0.515 e. The minimum atomic E-state index is -1.43. The van der Waals surface area contributed by atoms with E-state index in [0.29, 0.717) is 12.5 Å². The van der Waals surface area contributed by atoms with Crippen LogP contribution in [-0.2, 0) is 38.0 Å². The number of aliphatic hydroxyl groups excluding tert-OH is 8. The van der Waals surface area contributed by atoms with Gasteiger partial charge in [-0.05, 0) is 27.7 Å². The summed E-state index contributed by atoms with van der Waals surface area (Å²) in [6, 6.07) is 0. The molecule has 76 heavy (non-hydrogen) atoms. The van der Waals surface area contributed by atoms with Crippen molar-refractivity contribution < 1.29 is 88.5 Å². The van der Waals surface area contributed by atoms with E-state index in [1.165, 1.54) is 55.9 Å². The van der Waals surface area contributed by atoms with Crippen LogP contribution in [-0.4, -0.2) is 212 Å². The predicted octanol–water partition coefficient (Wildman–Crippen LogP) is -0.985. The van der Waals surface area contributed by atoms with Crippen molar-refractivity contribution in [1.82, 2.24) is 58.6 Å². The normalized spacial score (nSPS) is 21.9. The van der Waals surface area contributed by atoms with Gasteiger partial charge >= 0.3 is 23.9 Å². The monoisotopic (exact) mass is 1060 g/mol. The van der Waals surface area contributed by atoms with Crippen molar-refractivity contribution in [2.75, 3.05) is 39.6 Å². The van der Waals surface area contributed by atoms with Gasteiger partial charge in [-0.1, -0.05) is 0 Å². The van der Waals surface area contributed by atoms with E-state index in [2.05, 4.69) is 50.1 Å². The second-order valence-corrected chi connectivity index (χ2v) is 15.7. The Hall–Kier alpha value is -8.50. The van der Waals surface area contributed by atoms with Crippen molar-refractivity contribution >= 4 is 70.3 Å². The molecule has 2 aliphatic rings. The highest BCUT2D eigenvalue weighted by atomic mass is 16.6. The first-order chi connectivity index (χ1) is 36.6. The molecule has 32 nitrogen and oxygen atoms in total. The molecule has 0 aromatic carbocycles. The third-order valence-corrected chi connectivity index (χ3v) is 10.9. The number of aromatic nitrogens is 12. The number of nitrogens with zero attached hydrogens (tertiary/aromatic N) is 14. The minimum Gasteiger partial charge on any atom is -0.515 e. The molecule has 2 fully saturated rings. The lowest BCUT2D eigenvalue weighted by Gasteiger charge is -2.16. The molecule has 2 saturated heterocycles. The van der Waals surface area contributed by atoms with E-state index >= 15 is 0 Å². The van der Waals surface area contributed by atoms with Gasteiger partial charge in [0, 0.05) is 24.8 Å². The summed E-state index contributed by atoms with van der Waals surface area (Å²) in [6.07, 6.45) is 0.739. The van der Waals surface area contributed by atoms with Crippen LogP contribution in [0, 0.1) is 0 Å². The van der Waals surface area contributed by atoms with Crippen LogP contribution in [0.15, 0.2) is 71.1 Å². The van der Waals surface area contributed by atoms with E-state index < -0.39 is 86.2 Å². The first kappa shape index (κ1) is 55.3. The van der Waals surface area contributed by atoms with Gasteiger partial charge in [-0.2, -0.15) is 30.1 Å². The molecule has 0 amide bonds. The van der Waals surface area contributed by atoms with Crippen molar-refractivity contribution in [3.8, 4) is 11.9 Å². The number of ether oxygens (including phenoxy) is 6. The number of carbonyl (C=O) groups is 4. The number of rotatable bonds is 18. The van der Waals surface area contributed by atoms with E-state index in [4.69, 9.17) is 28.4 Å². The van der Waals surface area contributed by atoms with E-state index in [0.717, 1.165) is 12.4 Å². The van der Waals surface area contributed by atoms with Crippen LogP contribution >= 0.6 is 0 Å². The zero-order valence-electron chi connectivity index (χ0n) is 40.6. The van der Waals surface area contributed by atoms with Crippen molar-refractivity contribution in [3.63, 3.8) is 0 Å². The van der Waals surface area contributed by atoms with Gasteiger partial charge in [0.15, 0.2) is 46.4 Å². The van der Waals surface area contributed by atoms with E-state index in [9.17, 15) is 60.0 Å². The zero-order chi connectivity index (χ0) is 54.8. The fraction of sp³-hybridized carbons (Fsp3) is 0.409. The number of carbonyl (C=O) groups excluding carboxylic acids is 4. The topological polar surface area (TPSA) is 433 Å². The van der Waals surface area contributed by atoms with E-state index in [-0.39, 0.29) is 94.6 Å². The summed E-state index contributed by atoms with van der Waals surface area (Å²) in [4.78, 5) is 82.5. The molecule has 0 aliphatic carbocycles. The molecule has 8 atom stereocenters. The molecule has 8 N–H and O–H groups in total. The second kappa shape index (κ2) is 24.7. The summed E-state index contributed by atoms with van der Waals surface area (Å²) in [6.45, 7) is 5.92. The lowest BCUT2D eigenvalue weighted by atomic mass is 10.1. The van der Waals surface area contributed by atoms with Gasteiger partial charge in [0.2, 0.25) is 0 Å². The molecular weight excluding hydrogens is 1010 g/mol. The minimum absolute atomic E-state index is 0.0722. The SMILES string of the molecule is CCOC(=O)C(C=Nc1nc(-n2cc(C(=O)OCC)cn2)nc2c1ncn2[C@@H]1O[C@H](CO)[C@@H](O)[C@H]1O)=CO.CCOC(=O)C(C=Nc1nc(-n2cc(C(=O)OCC)cn2)nc2c1ncn2[C@@H]1O[C@H](CO)[C@@H](O)[C@H]1O)=CO. The van der Waals surface area contributed by atoms with Crippen molar-refractivity contribution in [2.45, 2.75) is 76.8 Å². The van der Waals surface area contributed by atoms with Gasteiger partial charge in [0.05, 0.1) is 88.3 Å². The fourth-order valence-electron chi connectivity index (χ4n) is 7.23. The Labute approximate surface area is 427 Å². The van der Waals surface area contributed by atoms with Gasteiger partial charge in [-0.3, -0.25) is 9.13 Å². The summed E-state index contributed by atoms with van der Waals surface area (Å²) in [5, 5.41) is 87.4. The molecule has 0 spiro atoms. The van der Waals surface area contributed by atoms with Gasteiger partial charge in [-0.15, -0.1) is 0 Å². The average molecular weight is 1060 g/mol. The van der Waals surface area contributed by atoms with Gasteiger partial charge < -0.3 is 69.3 Å². The Morgan fingerprint density at radius 2 is 0.974 bits per heavy atom. The Morgan fingerprint density at radius 1 is 0.592 bits per heavy atom. The fourth-order valence-corrected chi connectivity index (χ4v) is 7.23. The lowest BCUT2D eigenvalue weighted by molar-refractivity contribution is -0.138. The van der Waals surface area contributed by atoms with Crippen LogP contribution in [0.5, 0.6) is 0 Å². The predicted molar refractivity (Wildman–Crippen MR) is 254 cm³/mol. The molecule has 0 bridgehead atoms. The first-order valence-electron chi connectivity index (χ1n) is 22.9. The summed E-state index contributed by atoms with van der Waals surface area (Å²) in [7, 11) is 0. The van der Waals surface area contributed by atoms with Crippen LogP contribution in [0.1, 0.15) is 60.9 Å². The highest BCUT2D eigenvalue weighted by molar-refractivity contribution is 6.10. The number of aliphatic imine (C=N–C) groups is 2. The molecule has 6 aromatic rings. The van der Waals surface area contributed by atoms with Crippen molar-refractivity contribution in [1.29, 1.82) is 0 Å². The number of fused-ring (bicyclic) bond motifs is 2. The zero-order valence-corrected chi connectivity index (χ0v) is 40.6. The molecule has 0 unspecified atom stereocenters. The van der Waals surface area contributed by atoms with Crippen LogP contribution in [0.25, 0.3) is 34.2 Å². The van der Waals surface area contributed by atoms with Crippen LogP contribution in [0.3, 0.4) is 0 Å². The van der Waals surface area contributed by atoms with Gasteiger partial charge in [0.1, 0.15) is 47.8 Å². The van der Waals surface area contributed by atoms with Crippen LogP contribution in [0.4, 0.5) is 11.6 Å². The molecule has 8 rings (SSSR count). The number of imidazole rings is 2. The smallest absolute Gasteiger partial charge is 0.342 e. The van der Waals surface area contributed by atoms with E-state index in [1.54, 1.807) is 27.7 Å². The summed E-state index contributed by atoms with van der Waals surface area (Å²) in [5.74, 6) is -3.19. The quantitative estimate of drug-likeness (QED) is 0.0168. The number of hydrogen-bond acceptors (Lipinski definition) is 28. The van der Waals surface area contributed by atoms with Crippen molar-refractivity contribution in [2.24, 2.45) is 9.98 Å². The molecule has 8 heterocycles. The van der Waals surface area contributed by atoms with Crippen LogP contribution in [0.2, 0.25) is 0 Å². The summed E-state index contributed by atoms with van der Waals surface area (Å²) in [5.41, 5.74) is 0.0734. The molecule has 404 valence electrons. The molecule has 0 radical (unpaired) electrons. The Kier molecular flexibility index (Phi) is 17.9. The van der Waals surface area contributed by atoms with Crippen LogP contribution < -0.4 is 0 Å². The van der Waals surface area contributed by atoms with Gasteiger partial charge in [0.25, 0.3) is 11.9 Å². The lowest BCUT2D eigenvalue weighted by Crippen LogP contribution is -2.33. The highest BCUT2D eigenvalue weighted by Gasteiger charge is 2.45. The maximum Gasteiger partial charge on any atom is 0.342 e. The van der Waals surface area contributed by atoms with E-state index in [1.807, 2.05) is 0 Å². The second-order valence-electron chi connectivity index (χ2n) is 15.7. The molecule has 6 aromatic heterocycles. The Morgan fingerprint density at radius 3 is 1.30 bits per heavy atom. The molecule has 32 heteroatoms. The summed E-state index contributed by atoms with van der Waals surface area (Å²) >= 11 is 0. The number of aliphatic hydroxyl groups is 8. The average Bonchev–Trinajstić information content (AvgIpc) is 4.31. The Bertz CT molecular complexity index is 2970. The number of hydrogen-bond donors (Lipinski definition) is 8. The standard InChI is InChI=1S/2C22H25N7O9/c2*1-3-36-20(34)11-6-25-29(7-11)22-26-17(23-5-12(8-30)21(35)37-4-2)14-18(27-22)28(10-24-14)19-16(33)15(32)13(9-31)38-19/h2*5-8,10,13,15-16,19,30-33H,3-4,9H2,1-2H3/t2*13-,15-,16-,19-/m11/s1. The Balaban J connectivity index is 0.000000221. The molecule has 2 aliphatic heterocycles. The number of esters is 4. The molecule has 0 saturated carbocycles. The maximum absolute atomic E-state index is 12.1. The third-order valence-electron chi connectivity index (χ3n) is 10.9. The first-order valence-corrected chi connectivity index (χ1v) is 22.9.